The smallest absolute Gasteiger partial charge is 0.258 e. The lowest BCUT2D eigenvalue weighted by Gasteiger charge is -2.32. The van der Waals surface area contributed by atoms with Gasteiger partial charge in [0.15, 0.2) is 0 Å². The summed E-state index contributed by atoms with van der Waals surface area (Å²) >= 11 is 0. The Morgan fingerprint density at radius 3 is 2.60 bits per heavy atom. The van der Waals surface area contributed by atoms with Gasteiger partial charge in [-0.3, -0.25) is 9.59 Å². The minimum Gasteiger partial charge on any atom is -0.497 e. The minimum absolute atomic E-state index is 0.0131. The SMILES string of the molecule is COc1ccc([C@H](CNC(=O)c2coc3ccccc3c2=O)[NH+]2CCOCC2)cc1. The number of benzene rings is 2. The molecule has 1 saturated heterocycles. The van der Waals surface area contributed by atoms with E-state index in [1.54, 1.807) is 31.4 Å². The number of nitrogens with one attached hydrogen (secondary N) is 2. The standard InChI is InChI=1S/C23H24N2O5/c1-28-17-8-6-16(7-9-17)20(25-10-12-29-13-11-25)14-24-23(27)19-15-30-21-5-3-2-4-18(21)22(19)26/h2-9,15,20H,10-14H2,1H3,(H,24,27)/p+1/t20-/m0/s1. The summed E-state index contributed by atoms with van der Waals surface area (Å²) in [5.74, 6) is 0.355. The number of para-hydroxylation sites is 1. The number of fused-ring (bicyclic) bond motifs is 1. The first kappa shape index (κ1) is 20.1. The zero-order valence-electron chi connectivity index (χ0n) is 16.9. The second-order valence-electron chi connectivity index (χ2n) is 7.28. The summed E-state index contributed by atoms with van der Waals surface area (Å²) in [6, 6.07) is 14.8. The molecule has 4 rings (SSSR count). The molecule has 156 valence electrons. The summed E-state index contributed by atoms with van der Waals surface area (Å²) in [5.41, 5.74) is 1.25. The molecule has 1 aliphatic heterocycles. The van der Waals surface area contributed by atoms with Gasteiger partial charge in [-0.05, 0) is 36.4 Å². The van der Waals surface area contributed by atoms with E-state index in [1.807, 2.05) is 24.3 Å². The predicted octanol–water partition coefficient (Wildman–Crippen LogP) is 1.19. The summed E-state index contributed by atoms with van der Waals surface area (Å²) < 4.78 is 16.2. The molecule has 1 aliphatic rings. The maximum absolute atomic E-state index is 12.8. The van der Waals surface area contributed by atoms with Crippen LogP contribution in [0.15, 0.2) is 64.0 Å². The van der Waals surface area contributed by atoms with Crippen molar-refractivity contribution in [1.29, 1.82) is 0 Å². The molecule has 1 fully saturated rings. The van der Waals surface area contributed by atoms with Crippen molar-refractivity contribution in [2.75, 3.05) is 40.0 Å². The molecule has 2 N–H and O–H groups in total. The number of quaternary nitrogens is 1. The molecule has 1 aromatic heterocycles. The van der Waals surface area contributed by atoms with Crippen LogP contribution < -0.4 is 20.4 Å². The van der Waals surface area contributed by atoms with Gasteiger partial charge in [-0.1, -0.05) is 12.1 Å². The molecule has 0 aliphatic carbocycles. The van der Waals surface area contributed by atoms with Crippen molar-refractivity contribution in [3.05, 3.63) is 76.1 Å². The Bertz CT molecular complexity index is 1070. The van der Waals surface area contributed by atoms with Crippen molar-refractivity contribution in [2.45, 2.75) is 6.04 Å². The van der Waals surface area contributed by atoms with Crippen LogP contribution in [0.5, 0.6) is 5.75 Å². The summed E-state index contributed by atoms with van der Waals surface area (Å²) in [6.45, 7) is 3.47. The quantitative estimate of drug-likeness (QED) is 0.639. The maximum Gasteiger partial charge on any atom is 0.258 e. The van der Waals surface area contributed by atoms with Gasteiger partial charge in [0, 0.05) is 5.56 Å². The third kappa shape index (κ3) is 4.22. The van der Waals surface area contributed by atoms with Gasteiger partial charge in [-0.15, -0.1) is 0 Å². The molecule has 0 unspecified atom stereocenters. The molecule has 1 amide bonds. The number of hydrogen-bond donors (Lipinski definition) is 2. The van der Waals surface area contributed by atoms with Crippen LogP contribution in [0.25, 0.3) is 11.0 Å². The summed E-state index contributed by atoms with van der Waals surface area (Å²) in [5, 5.41) is 3.34. The van der Waals surface area contributed by atoms with Gasteiger partial charge in [-0.2, -0.15) is 0 Å². The Morgan fingerprint density at radius 1 is 1.13 bits per heavy atom. The highest BCUT2D eigenvalue weighted by molar-refractivity contribution is 5.96. The fourth-order valence-electron chi connectivity index (χ4n) is 3.84. The Morgan fingerprint density at radius 2 is 1.87 bits per heavy atom. The third-order valence-electron chi connectivity index (χ3n) is 5.54. The van der Waals surface area contributed by atoms with Gasteiger partial charge >= 0.3 is 0 Å². The van der Waals surface area contributed by atoms with Gasteiger partial charge in [0.05, 0.1) is 32.3 Å². The highest BCUT2D eigenvalue weighted by Crippen LogP contribution is 2.16. The average molecular weight is 409 g/mol. The monoisotopic (exact) mass is 409 g/mol. The van der Waals surface area contributed by atoms with Gasteiger partial charge in [0.1, 0.15) is 42.3 Å². The van der Waals surface area contributed by atoms with Crippen molar-refractivity contribution in [3.8, 4) is 5.75 Å². The first-order chi connectivity index (χ1) is 14.7. The number of methoxy groups -OCH3 is 1. The van der Waals surface area contributed by atoms with Crippen LogP contribution in [-0.2, 0) is 4.74 Å². The van der Waals surface area contributed by atoms with E-state index in [4.69, 9.17) is 13.9 Å². The Labute approximate surface area is 174 Å². The lowest BCUT2D eigenvalue weighted by Crippen LogP contribution is -3.15. The molecule has 30 heavy (non-hydrogen) atoms. The summed E-state index contributed by atoms with van der Waals surface area (Å²) in [6.07, 6.45) is 1.24. The van der Waals surface area contributed by atoms with Crippen LogP contribution in [0.4, 0.5) is 0 Å². The fraction of sp³-hybridized carbons (Fsp3) is 0.304. The molecule has 2 heterocycles. The molecule has 7 nitrogen and oxygen atoms in total. The molecular formula is C23H25N2O5+. The van der Waals surface area contributed by atoms with E-state index in [0.29, 0.717) is 30.7 Å². The van der Waals surface area contributed by atoms with E-state index in [-0.39, 0.29) is 17.0 Å². The van der Waals surface area contributed by atoms with Crippen molar-refractivity contribution >= 4 is 16.9 Å². The summed E-state index contributed by atoms with van der Waals surface area (Å²) in [4.78, 5) is 26.8. The minimum atomic E-state index is -0.430. The molecule has 0 spiro atoms. The Kier molecular flexibility index (Phi) is 6.11. The Hall–Kier alpha value is -3.16. The fourth-order valence-corrected chi connectivity index (χ4v) is 3.84. The third-order valence-corrected chi connectivity index (χ3v) is 5.54. The average Bonchev–Trinajstić information content (AvgIpc) is 2.80. The van der Waals surface area contributed by atoms with Crippen LogP contribution in [0.2, 0.25) is 0 Å². The van der Waals surface area contributed by atoms with Crippen LogP contribution in [0, 0.1) is 0 Å². The van der Waals surface area contributed by atoms with E-state index < -0.39 is 5.91 Å². The zero-order valence-corrected chi connectivity index (χ0v) is 16.9. The van der Waals surface area contributed by atoms with Crippen LogP contribution >= 0.6 is 0 Å². The number of ether oxygens (including phenoxy) is 2. The van der Waals surface area contributed by atoms with E-state index in [9.17, 15) is 9.59 Å². The van der Waals surface area contributed by atoms with Crippen LogP contribution in [0.3, 0.4) is 0 Å². The molecular weight excluding hydrogens is 384 g/mol. The number of morpholine rings is 1. The van der Waals surface area contributed by atoms with Gasteiger partial charge in [0.2, 0.25) is 5.43 Å². The number of rotatable bonds is 6. The van der Waals surface area contributed by atoms with Crippen LogP contribution in [0.1, 0.15) is 22.0 Å². The van der Waals surface area contributed by atoms with Gasteiger partial charge in [0.25, 0.3) is 5.91 Å². The molecule has 0 bridgehead atoms. The number of hydrogen-bond acceptors (Lipinski definition) is 5. The lowest BCUT2D eigenvalue weighted by molar-refractivity contribution is -0.937. The van der Waals surface area contributed by atoms with E-state index >= 15 is 0 Å². The second-order valence-corrected chi connectivity index (χ2v) is 7.28. The normalized spacial score (nSPS) is 15.6. The van der Waals surface area contributed by atoms with E-state index in [2.05, 4.69) is 5.32 Å². The molecule has 0 radical (unpaired) electrons. The number of carbonyl (C=O) groups excluding carboxylic acids is 1. The molecule has 2 aromatic carbocycles. The Balaban J connectivity index is 1.55. The lowest BCUT2D eigenvalue weighted by atomic mass is 10.0. The predicted molar refractivity (Wildman–Crippen MR) is 112 cm³/mol. The first-order valence-electron chi connectivity index (χ1n) is 10.0. The largest absolute Gasteiger partial charge is 0.497 e. The molecule has 1 atom stereocenters. The first-order valence-corrected chi connectivity index (χ1v) is 10.0. The second kappa shape index (κ2) is 9.11. The van der Waals surface area contributed by atoms with Crippen molar-refractivity contribution in [3.63, 3.8) is 0 Å². The highest BCUT2D eigenvalue weighted by Gasteiger charge is 2.27. The van der Waals surface area contributed by atoms with Crippen molar-refractivity contribution in [1.82, 2.24) is 5.32 Å². The topological polar surface area (TPSA) is 82.2 Å². The van der Waals surface area contributed by atoms with Crippen molar-refractivity contribution < 1.29 is 23.6 Å². The van der Waals surface area contributed by atoms with Crippen LogP contribution in [-0.4, -0.2) is 45.9 Å². The van der Waals surface area contributed by atoms with E-state index in [0.717, 1.165) is 24.4 Å². The molecule has 0 saturated carbocycles. The number of amides is 1. The summed E-state index contributed by atoms with van der Waals surface area (Å²) in [7, 11) is 1.63. The van der Waals surface area contributed by atoms with E-state index in [1.165, 1.54) is 11.2 Å². The van der Waals surface area contributed by atoms with Gasteiger partial charge < -0.3 is 24.1 Å². The molecule has 7 heteroatoms. The van der Waals surface area contributed by atoms with Gasteiger partial charge in [-0.25, -0.2) is 0 Å². The maximum atomic E-state index is 12.8. The molecule has 3 aromatic rings. The zero-order chi connectivity index (χ0) is 20.9. The number of carbonyl (C=O) groups is 1. The highest BCUT2D eigenvalue weighted by atomic mass is 16.5. The van der Waals surface area contributed by atoms with Crippen molar-refractivity contribution in [2.24, 2.45) is 0 Å².